The van der Waals surface area contributed by atoms with Crippen molar-refractivity contribution in [2.75, 3.05) is 5.32 Å². The lowest BCUT2D eigenvalue weighted by molar-refractivity contribution is -0.120. The van der Waals surface area contributed by atoms with E-state index in [4.69, 9.17) is 0 Å². The molecule has 3 aromatic heterocycles. The van der Waals surface area contributed by atoms with Crippen molar-refractivity contribution >= 4 is 27.9 Å². The number of aromatic nitrogens is 4. The van der Waals surface area contributed by atoms with Crippen molar-refractivity contribution in [3.05, 3.63) is 60.3 Å². The van der Waals surface area contributed by atoms with Crippen LogP contribution in [0, 0.1) is 5.92 Å². The Balaban J connectivity index is 1.29. The molecule has 1 amide bonds. The number of thiazole rings is 1. The van der Waals surface area contributed by atoms with Gasteiger partial charge in [0, 0.05) is 47.5 Å². The summed E-state index contributed by atoms with van der Waals surface area (Å²) in [6.45, 7) is 0.699. The molecule has 0 saturated carbocycles. The van der Waals surface area contributed by atoms with Crippen LogP contribution in [0.3, 0.4) is 0 Å². The standard InChI is InChI=1S/C19H17N5OS/c25-18(14-3-6-16-9-20-12-24(16)10-14)21-15-4-1-13(2-5-15)17-11-23-7-8-26-19(23)22-17/h1-2,4-5,7-9,11-12,14H,3,6,10H2,(H,21,25)/t14-/m1/s1. The minimum absolute atomic E-state index is 0.0173. The molecule has 0 aliphatic carbocycles. The Hall–Kier alpha value is -2.93. The highest BCUT2D eigenvalue weighted by Gasteiger charge is 2.24. The van der Waals surface area contributed by atoms with Crippen LogP contribution in [0.5, 0.6) is 0 Å². The van der Waals surface area contributed by atoms with E-state index in [-0.39, 0.29) is 11.8 Å². The Morgan fingerprint density at radius 1 is 1.27 bits per heavy atom. The van der Waals surface area contributed by atoms with Crippen LogP contribution in [0.15, 0.2) is 54.6 Å². The first kappa shape index (κ1) is 15.3. The highest BCUT2D eigenvalue weighted by Crippen LogP contribution is 2.24. The van der Waals surface area contributed by atoms with Crippen molar-refractivity contribution in [2.24, 2.45) is 5.92 Å². The number of anilines is 1. The molecule has 0 bridgehead atoms. The van der Waals surface area contributed by atoms with Gasteiger partial charge in [-0.05, 0) is 25.0 Å². The number of carbonyl (C=O) groups is 1. The summed E-state index contributed by atoms with van der Waals surface area (Å²) < 4.78 is 4.09. The van der Waals surface area contributed by atoms with Crippen molar-refractivity contribution in [1.82, 2.24) is 18.9 Å². The summed E-state index contributed by atoms with van der Waals surface area (Å²) >= 11 is 1.61. The molecule has 0 unspecified atom stereocenters. The van der Waals surface area contributed by atoms with Gasteiger partial charge in [-0.25, -0.2) is 9.97 Å². The molecule has 7 heteroatoms. The molecular formula is C19H17N5OS. The molecule has 4 heterocycles. The molecule has 4 aromatic rings. The first-order chi connectivity index (χ1) is 12.8. The van der Waals surface area contributed by atoms with Gasteiger partial charge in [0.25, 0.3) is 0 Å². The van der Waals surface area contributed by atoms with E-state index in [0.29, 0.717) is 6.54 Å². The number of benzene rings is 1. The summed E-state index contributed by atoms with van der Waals surface area (Å²) in [6.07, 6.45) is 9.47. The Morgan fingerprint density at radius 3 is 3.00 bits per heavy atom. The average Bonchev–Trinajstić information content (AvgIpc) is 3.37. The van der Waals surface area contributed by atoms with Gasteiger partial charge in [-0.3, -0.25) is 9.20 Å². The summed E-state index contributed by atoms with van der Waals surface area (Å²) in [7, 11) is 0. The fourth-order valence-corrected chi connectivity index (χ4v) is 4.12. The van der Waals surface area contributed by atoms with Gasteiger partial charge >= 0.3 is 0 Å². The molecule has 0 fully saturated rings. The number of hydrogen-bond acceptors (Lipinski definition) is 4. The number of rotatable bonds is 3. The third kappa shape index (κ3) is 2.70. The van der Waals surface area contributed by atoms with E-state index in [1.807, 2.05) is 52.6 Å². The number of imidazole rings is 2. The quantitative estimate of drug-likeness (QED) is 0.606. The minimum Gasteiger partial charge on any atom is -0.334 e. The Bertz CT molecular complexity index is 1050. The van der Waals surface area contributed by atoms with E-state index in [9.17, 15) is 4.79 Å². The van der Waals surface area contributed by atoms with Crippen LogP contribution in [0.2, 0.25) is 0 Å². The van der Waals surface area contributed by atoms with Crippen LogP contribution < -0.4 is 5.32 Å². The minimum atomic E-state index is -0.0173. The van der Waals surface area contributed by atoms with E-state index in [1.54, 1.807) is 17.7 Å². The van der Waals surface area contributed by atoms with Crippen LogP contribution in [-0.4, -0.2) is 24.8 Å². The second kappa shape index (κ2) is 6.10. The first-order valence-corrected chi connectivity index (χ1v) is 9.47. The second-order valence-electron chi connectivity index (χ2n) is 6.56. The molecule has 1 aromatic carbocycles. The third-order valence-corrected chi connectivity index (χ3v) is 5.65. The fraction of sp³-hybridized carbons (Fsp3) is 0.211. The smallest absolute Gasteiger partial charge is 0.229 e. The van der Waals surface area contributed by atoms with Crippen LogP contribution in [-0.2, 0) is 17.8 Å². The number of fused-ring (bicyclic) bond motifs is 2. The second-order valence-corrected chi connectivity index (χ2v) is 7.43. The number of hydrogen-bond donors (Lipinski definition) is 1. The maximum Gasteiger partial charge on any atom is 0.229 e. The fourth-order valence-electron chi connectivity index (χ4n) is 3.42. The van der Waals surface area contributed by atoms with Gasteiger partial charge in [0.2, 0.25) is 5.91 Å². The highest BCUT2D eigenvalue weighted by atomic mass is 32.1. The third-order valence-electron chi connectivity index (χ3n) is 4.88. The van der Waals surface area contributed by atoms with E-state index in [2.05, 4.69) is 19.9 Å². The molecule has 1 atom stereocenters. The molecule has 0 spiro atoms. The van der Waals surface area contributed by atoms with Crippen LogP contribution in [0.25, 0.3) is 16.2 Å². The zero-order valence-corrected chi connectivity index (χ0v) is 14.8. The summed E-state index contributed by atoms with van der Waals surface area (Å²) in [5.41, 5.74) is 4.00. The average molecular weight is 363 g/mol. The lowest BCUT2D eigenvalue weighted by atomic mass is 9.97. The maximum atomic E-state index is 12.6. The molecule has 130 valence electrons. The SMILES string of the molecule is O=C(Nc1ccc(-c2cn3ccsc3n2)cc1)[C@@H]1CCc2cncn2C1. The molecular weight excluding hydrogens is 346 g/mol. The van der Waals surface area contributed by atoms with Crippen molar-refractivity contribution < 1.29 is 4.79 Å². The van der Waals surface area contributed by atoms with Gasteiger partial charge in [-0.1, -0.05) is 12.1 Å². The van der Waals surface area contributed by atoms with Crippen LogP contribution in [0.4, 0.5) is 5.69 Å². The molecule has 6 nitrogen and oxygen atoms in total. The van der Waals surface area contributed by atoms with Gasteiger partial charge in [0.15, 0.2) is 4.96 Å². The number of carbonyl (C=O) groups excluding carboxylic acids is 1. The topological polar surface area (TPSA) is 64.2 Å². The predicted octanol–water partition coefficient (Wildman–Crippen LogP) is 3.46. The monoisotopic (exact) mass is 363 g/mol. The summed E-state index contributed by atoms with van der Waals surface area (Å²) in [5, 5.41) is 5.06. The van der Waals surface area contributed by atoms with Gasteiger partial charge in [-0.15, -0.1) is 11.3 Å². The zero-order chi connectivity index (χ0) is 17.5. The van der Waals surface area contributed by atoms with E-state index in [0.717, 1.165) is 34.7 Å². The van der Waals surface area contributed by atoms with Gasteiger partial charge in [0.05, 0.1) is 17.9 Å². The summed E-state index contributed by atoms with van der Waals surface area (Å²) in [4.78, 5) is 22.3. The number of amides is 1. The molecule has 0 saturated heterocycles. The lowest BCUT2D eigenvalue weighted by Crippen LogP contribution is -2.30. The molecule has 5 rings (SSSR count). The van der Waals surface area contributed by atoms with Crippen LogP contribution in [0.1, 0.15) is 12.1 Å². The number of aryl methyl sites for hydroxylation is 1. The normalized spacial score (nSPS) is 16.5. The molecule has 1 aliphatic rings. The van der Waals surface area contributed by atoms with E-state index >= 15 is 0 Å². The first-order valence-electron chi connectivity index (χ1n) is 8.59. The number of nitrogens with one attached hydrogen (secondary N) is 1. The Labute approximate surface area is 154 Å². The van der Waals surface area contributed by atoms with Crippen molar-refractivity contribution in [3.63, 3.8) is 0 Å². The Morgan fingerprint density at radius 2 is 2.15 bits per heavy atom. The van der Waals surface area contributed by atoms with Crippen molar-refractivity contribution in [3.8, 4) is 11.3 Å². The van der Waals surface area contributed by atoms with Gasteiger partial charge < -0.3 is 9.88 Å². The molecule has 1 aliphatic heterocycles. The van der Waals surface area contributed by atoms with Gasteiger partial charge in [-0.2, -0.15) is 0 Å². The largest absolute Gasteiger partial charge is 0.334 e. The zero-order valence-electron chi connectivity index (χ0n) is 14.0. The van der Waals surface area contributed by atoms with Gasteiger partial charge in [0.1, 0.15) is 0 Å². The molecule has 1 N–H and O–H groups in total. The number of nitrogens with zero attached hydrogens (tertiary/aromatic N) is 4. The van der Waals surface area contributed by atoms with Crippen molar-refractivity contribution in [1.29, 1.82) is 0 Å². The van der Waals surface area contributed by atoms with E-state index in [1.165, 1.54) is 5.69 Å². The van der Waals surface area contributed by atoms with Crippen LogP contribution >= 0.6 is 11.3 Å². The molecule has 26 heavy (non-hydrogen) atoms. The highest BCUT2D eigenvalue weighted by molar-refractivity contribution is 7.15. The maximum absolute atomic E-state index is 12.6. The van der Waals surface area contributed by atoms with E-state index < -0.39 is 0 Å². The summed E-state index contributed by atoms with van der Waals surface area (Å²) in [6, 6.07) is 7.87. The Kier molecular flexibility index (Phi) is 3.60. The molecule has 0 radical (unpaired) electrons. The summed E-state index contributed by atoms with van der Waals surface area (Å²) in [5.74, 6) is 0.0518. The predicted molar refractivity (Wildman–Crippen MR) is 101 cm³/mol. The van der Waals surface area contributed by atoms with Crippen molar-refractivity contribution in [2.45, 2.75) is 19.4 Å². The lowest BCUT2D eigenvalue weighted by Gasteiger charge is -2.23.